The second-order valence-corrected chi connectivity index (χ2v) is 7.09. The number of halogens is 3. The minimum absolute atomic E-state index is 0. The fraction of sp³-hybridized carbons (Fsp3) is 0.455. The maximum absolute atomic E-state index is 12.4. The molecule has 0 bridgehead atoms. The zero-order valence-corrected chi connectivity index (χ0v) is 13.2. The number of hydrogen-bond donors (Lipinski definition) is 1. The summed E-state index contributed by atoms with van der Waals surface area (Å²) in [5.41, 5.74) is 5.80. The van der Waals surface area contributed by atoms with E-state index < -0.39 is 10.0 Å². The molecule has 2 rings (SSSR count). The Kier molecular flexibility index (Phi) is 5.92. The smallest absolute Gasteiger partial charge is 0.244 e. The lowest BCUT2D eigenvalue weighted by molar-refractivity contribution is 0.316. The lowest BCUT2D eigenvalue weighted by Crippen LogP contribution is -2.45. The third-order valence-electron chi connectivity index (χ3n) is 2.93. The van der Waals surface area contributed by atoms with E-state index >= 15 is 0 Å². The Hall–Kier alpha value is -0.0400. The summed E-state index contributed by atoms with van der Waals surface area (Å²) < 4.78 is 26.2. The molecule has 8 heteroatoms. The van der Waals surface area contributed by atoms with Crippen molar-refractivity contribution in [2.24, 2.45) is 5.73 Å². The highest BCUT2D eigenvalue weighted by molar-refractivity contribution is 7.89. The summed E-state index contributed by atoms with van der Waals surface area (Å²) in [7, 11) is -3.61. The van der Waals surface area contributed by atoms with E-state index in [0.29, 0.717) is 18.1 Å². The highest BCUT2D eigenvalue weighted by Crippen LogP contribution is 2.28. The summed E-state index contributed by atoms with van der Waals surface area (Å²) in [5, 5.41) is 0.526. The Balaban J connectivity index is 0.00000180. The molecule has 0 aromatic heterocycles. The van der Waals surface area contributed by atoms with Crippen molar-refractivity contribution in [1.29, 1.82) is 0 Å². The van der Waals surface area contributed by atoms with Gasteiger partial charge in [0, 0.05) is 24.2 Å². The Morgan fingerprint density at radius 2 is 2.00 bits per heavy atom. The van der Waals surface area contributed by atoms with Crippen molar-refractivity contribution in [3.63, 3.8) is 0 Å². The monoisotopic (exact) mass is 344 g/mol. The summed E-state index contributed by atoms with van der Waals surface area (Å²) in [6, 6.07) is 4.30. The predicted octanol–water partition coefficient (Wildman–Crippen LogP) is 2.53. The fourth-order valence-electron chi connectivity index (χ4n) is 2.01. The molecule has 0 spiro atoms. The molecule has 108 valence electrons. The number of nitrogens with two attached hydrogens (primary N) is 1. The first kappa shape index (κ1) is 17.0. The molecule has 1 aromatic rings. The second-order valence-electron chi connectivity index (χ2n) is 4.34. The summed E-state index contributed by atoms with van der Waals surface area (Å²) in [4.78, 5) is 0.0470. The van der Waals surface area contributed by atoms with Crippen LogP contribution in [0.1, 0.15) is 12.8 Å². The van der Waals surface area contributed by atoms with E-state index in [2.05, 4.69) is 0 Å². The van der Waals surface area contributed by atoms with E-state index in [-0.39, 0.29) is 28.4 Å². The molecule has 0 aliphatic carbocycles. The van der Waals surface area contributed by atoms with Crippen LogP contribution in [0.15, 0.2) is 23.1 Å². The maximum Gasteiger partial charge on any atom is 0.244 e. The zero-order valence-electron chi connectivity index (χ0n) is 10.1. The van der Waals surface area contributed by atoms with Crippen molar-refractivity contribution in [1.82, 2.24) is 4.31 Å². The molecule has 19 heavy (non-hydrogen) atoms. The Morgan fingerprint density at radius 1 is 1.32 bits per heavy atom. The number of benzene rings is 1. The van der Waals surface area contributed by atoms with E-state index in [0.717, 1.165) is 12.8 Å². The summed E-state index contributed by atoms with van der Waals surface area (Å²) in [6.07, 6.45) is 1.61. The summed E-state index contributed by atoms with van der Waals surface area (Å²) in [5.74, 6) is 0. The molecule has 1 aromatic carbocycles. The molecule has 0 amide bonds. The number of sulfonamides is 1. The molecule has 1 atom stereocenters. The van der Waals surface area contributed by atoms with E-state index in [1.54, 1.807) is 6.07 Å². The van der Waals surface area contributed by atoms with Crippen LogP contribution < -0.4 is 5.73 Å². The van der Waals surface area contributed by atoms with Crippen molar-refractivity contribution in [3.8, 4) is 0 Å². The fourth-order valence-corrected chi connectivity index (χ4v) is 4.28. The molecule has 0 unspecified atom stereocenters. The van der Waals surface area contributed by atoms with E-state index in [4.69, 9.17) is 28.9 Å². The van der Waals surface area contributed by atoms with Crippen molar-refractivity contribution in [2.75, 3.05) is 13.1 Å². The summed E-state index contributed by atoms with van der Waals surface area (Å²) >= 11 is 11.8. The second kappa shape index (κ2) is 6.61. The zero-order chi connectivity index (χ0) is 13.3. The number of nitrogens with zero attached hydrogens (tertiary/aromatic N) is 1. The third kappa shape index (κ3) is 3.74. The molecule has 1 heterocycles. The van der Waals surface area contributed by atoms with Crippen molar-refractivity contribution >= 4 is 45.6 Å². The molecule has 1 aliphatic rings. The topological polar surface area (TPSA) is 63.4 Å². The number of piperidine rings is 1. The molecular weight excluding hydrogens is 331 g/mol. The lowest BCUT2D eigenvalue weighted by Gasteiger charge is -2.30. The molecule has 4 nitrogen and oxygen atoms in total. The van der Waals surface area contributed by atoms with Gasteiger partial charge in [0.25, 0.3) is 0 Å². The van der Waals surface area contributed by atoms with Gasteiger partial charge in [-0.2, -0.15) is 4.31 Å². The third-order valence-corrected chi connectivity index (χ3v) is 5.51. The normalized spacial score (nSPS) is 20.9. The van der Waals surface area contributed by atoms with Gasteiger partial charge in [0.1, 0.15) is 4.90 Å². The van der Waals surface area contributed by atoms with Crippen LogP contribution in [0.25, 0.3) is 0 Å². The van der Waals surface area contributed by atoms with Gasteiger partial charge in [-0.25, -0.2) is 8.42 Å². The molecule has 2 N–H and O–H groups in total. The first-order valence-corrected chi connectivity index (χ1v) is 7.81. The average Bonchev–Trinajstić information content (AvgIpc) is 2.32. The van der Waals surface area contributed by atoms with Gasteiger partial charge in [-0.15, -0.1) is 12.4 Å². The molecule has 0 radical (unpaired) electrons. The van der Waals surface area contributed by atoms with E-state index in [1.165, 1.54) is 16.4 Å². The van der Waals surface area contributed by atoms with E-state index in [1.807, 2.05) is 0 Å². The highest BCUT2D eigenvalue weighted by Gasteiger charge is 2.30. The minimum atomic E-state index is -3.61. The van der Waals surface area contributed by atoms with E-state index in [9.17, 15) is 8.42 Å². The first-order valence-electron chi connectivity index (χ1n) is 5.62. The molecule has 1 aliphatic heterocycles. The van der Waals surface area contributed by atoms with Crippen molar-refractivity contribution in [3.05, 3.63) is 28.2 Å². The van der Waals surface area contributed by atoms with Crippen LogP contribution in [0.2, 0.25) is 10.0 Å². The van der Waals surface area contributed by atoms with Gasteiger partial charge in [-0.1, -0.05) is 23.2 Å². The van der Waals surface area contributed by atoms with Gasteiger partial charge in [0.05, 0.1) is 5.02 Å². The van der Waals surface area contributed by atoms with Gasteiger partial charge in [0.2, 0.25) is 10.0 Å². The van der Waals surface area contributed by atoms with Crippen molar-refractivity contribution in [2.45, 2.75) is 23.8 Å². The molecule has 1 saturated heterocycles. The SMILES string of the molecule is Cl.N[C@@H]1CCCN(S(=O)(=O)c2cc(Cl)ccc2Cl)C1. The highest BCUT2D eigenvalue weighted by atomic mass is 35.5. The van der Waals surface area contributed by atoms with Crippen LogP contribution in [0.4, 0.5) is 0 Å². The van der Waals surface area contributed by atoms with Crippen LogP contribution in [0.3, 0.4) is 0 Å². The Morgan fingerprint density at radius 3 is 2.63 bits per heavy atom. The van der Waals surface area contributed by atoms with Crippen LogP contribution >= 0.6 is 35.6 Å². The average molecular weight is 346 g/mol. The molecular formula is C11H15Cl3N2O2S. The number of rotatable bonds is 2. The van der Waals surface area contributed by atoms with Gasteiger partial charge < -0.3 is 5.73 Å². The lowest BCUT2D eigenvalue weighted by atomic mass is 10.1. The quantitative estimate of drug-likeness (QED) is 0.896. The molecule has 0 saturated carbocycles. The van der Waals surface area contributed by atoms with Gasteiger partial charge in [0.15, 0.2) is 0 Å². The predicted molar refractivity (Wildman–Crippen MR) is 79.7 cm³/mol. The van der Waals surface area contributed by atoms with Crippen LogP contribution in [-0.4, -0.2) is 31.9 Å². The van der Waals surface area contributed by atoms with Crippen molar-refractivity contribution < 1.29 is 8.42 Å². The Bertz CT molecular complexity index is 551. The maximum atomic E-state index is 12.4. The Labute approximate surface area is 129 Å². The first-order chi connectivity index (χ1) is 8.41. The standard InChI is InChI=1S/C11H14Cl2N2O2S.ClH/c12-8-3-4-10(13)11(6-8)18(16,17)15-5-1-2-9(14)7-15;/h3-4,6,9H,1-2,5,7,14H2;1H/t9-;/m1./s1. The number of hydrogen-bond acceptors (Lipinski definition) is 3. The summed E-state index contributed by atoms with van der Waals surface area (Å²) in [6.45, 7) is 0.796. The van der Waals surface area contributed by atoms with Gasteiger partial charge >= 0.3 is 0 Å². The van der Waals surface area contributed by atoms with Crippen LogP contribution in [-0.2, 0) is 10.0 Å². The van der Waals surface area contributed by atoms with Gasteiger partial charge in [-0.05, 0) is 31.0 Å². The van der Waals surface area contributed by atoms with Crippen LogP contribution in [0, 0.1) is 0 Å². The van der Waals surface area contributed by atoms with Crippen LogP contribution in [0.5, 0.6) is 0 Å². The molecule has 1 fully saturated rings. The minimum Gasteiger partial charge on any atom is -0.327 e. The largest absolute Gasteiger partial charge is 0.327 e. The van der Waals surface area contributed by atoms with Gasteiger partial charge in [-0.3, -0.25) is 0 Å².